The van der Waals surface area contributed by atoms with Crippen LogP contribution >= 0.6 is 0 Å². The molecule has 1 heterocycles. The summed E-state index contributed by atoms with van der Waals surface area (Å²) < 4.78 is 5.27. The molecule has 0 radical (unpaired) electrons. The van der Waals surface area contributed by atoms with Crippen molar-refractivity contribution in [3.05, 3.63) is 35.4 Å². The number of nitrogens with zero attached hydrogens (tertiary/aromatic N) is 1. The highest BCUT2D eigenvalue weighted by Gasteiger charge is 2.47. The summed E-state index contributed by atoms with van der Waals surface area (Å²) in [7, 11) is 0. The first-order valence-corrected chi connectivity index (χ1v) is 9.34. The topological polar surface area (TPSA) is 102 Å². The molecule has 0 unspecified atom stereocenters. The minimum absolute atomic E-state index is 0.179. The number of alkyl carbamates (subject to hydrolysis) is 1. The van der Waals surface area contributed by atoms with Gasteiger partial charge in [0.1, 0.15) is 11.1 Å². The number of imide groups is 1. The second kappa shape index (κ2) is 7.26. The average molecular weight is 388 g/mol. The van der Waals surface area contributed by atoms with E-state index in [2.05, 4.69) is 5.32 Å². The molecule has 1 aromatic rings. The van der Waals surface area contributed by atoms with Gasteiger partial charge in [0.25, 0.3) is 11.8 Å². The molecule has 0 atom stereocenters. The average Bonchev–Trinajstić information content (AvgIpc) is 2.86. The Balaban J connectivity index is 1.78. The van der Waals surface area contributed by atoms with Crippen molar-refractivity contribution in [1.82, 2.24) is 10.4 Å². The van der Waals surface area contributed by atoms with Gasteiger partial charge in [0, 0.05) is 0 Å². The third-order valence-corrected chi connectivity index (χ3v) is 4.77. The van der Waals surface area contributed by atoms with Crippen LogP contribution in [-0.2, 0) is 14.4 Å². The van der Waals surface area contributed by atoms with E-state index in [0.717, 1.165) is 6.42 Å². The zero-order chi connectivity index (χ0) is 20.5. The first-order chi connectivity index (χ1) is 13.1. The van der Waals surface area contributed by atoms with E-state index in [4.69, 9.17) is 9.57 Å². The Morgan fingerprint density at radius 2 is 1.54 bits per heavy atom. The Morgan fingerprint density at radius 1 is 1.00 bits per heavy atom. The van der Waals surface area contributed by atoms with Gasteiger partial charge >= 0.3 is 12.1 Å². The number of fused-ring (bicyclic) bond motifs is 1. The van der Waals surface area contributed by atoms with Crippen LogP contribution in [0.3, 0.4) is 0 Å². The van der Waals surface area contributed by atoms with E-state index in [1.807, 2.05) is 0 Å². The fourth-order valence-corrected chi connectivity index (χ4v) is 3.45. The fraction of sp³-hybridized carbons (Fsp3) is 0.500. The molecule has 8 nitrogen and oxygen atoms in total. The predicted molar refractivity (Wildman–Crippen MR) is 98.2 cm³/mol. The van der Waals surface area contributed by atoms with Crippen molar-refractivity contribution in [3.8, 4) is 0 Å². The second-order valence-electron chi connectivity index (χ2n) is 8.10. The van der Waals surface area contributed by atoms with Crippen LogP contribution in [0.1, 0.15) is 73.6 Å². The van der Waals surface area contributed by atoms with Gasteiger partial charge in [-0.2, -0.15) is 0 Å². The molecule has 3 rings (SSSR count). The van der Waals surface area contributed by atoms with Gasteiger partial charge in [-0.15, -0.1) is 0 Å². The van der Waals surface area contributed by atoms with Gasteiger partial charge in [0.15, 0.2) is 0 Å². The molecule has 1 N–H and O–H groups in total. The van der Waals surface area contributed by atoms with Crippen molar-refractivity contribution in [2.75, 3.05) is 0 Å². The Hall–Kier alpha value is -2.90. The molecule has 1 aliphatic heterocycles. The Labute approximate surface area is 163 Å². The minimum atomic E-state index is -1.34. The number of ether oxygens (including phenoxy) is 1. The van der Waals surface area contributed by atoms with Gasteiger partial charge in [-0.05, 0) is 45.7 Å². The molecule has 1 aromatic carbocycles. The lowest BCUT2D eigenvalue weighted by Crippen LogP contribution is -2.58. The van der Waals surface area contributed by atoms with Crippen molar-refractivity contribution < 1.29 is 28.8 Å². The standard InChI is InChI=1S/C20H24N2O6/c1-19(2,3)27-18(26)21-20(11-7-4-8-12-20)17(25)28-22-15(23)13-9-5-6-10-14(13)16(22)24/h5-6,9-10H,4,7-8,11-12H2,1-3H3,(H,21,26). The van der Waals surface area contributed by atoms with Crippen LogP contribution in [-0.4, -0.2) is 40.1 Å². The molecule has 3 amide bonds. The largest absolute Gasteiger partial charge is 0.444 e. The molecule has 0 spiro atoms. The van der Waals surface area contributed by atoms with E-state index in [1.54, 1.807) is 32.9 Å². The van der Waals surface area contributed by atoms with Gasteiger partial charge < -0.3 is 14.9 Å². The summed E-state index contributed by atoms with van der Waals surface area (Å²) >= 11 is 0. The lowest BCUT2D eigenvalue weighted by atomic mass is 9.82. The Bertz CT molecular complexity index is 785. The molecule has 150 valence electrons. The zero-order valence-corrected chi connectivity index (χ0v) is 16.2. The van der Waals surface area contributed by atoms with E-state index < -0.39 is 35.0 Å². The highest BCUT2D eigenvalue weighted by molar-refractivity contribution is 6.21. The number of hydrogen-bond acceptors (Lipinski definition) is 6. The number of carbonyl (C=O) groups is 4. The van der Waals surface area contributed by atoms with Crippen LogP contribution < -0.4 is 5.32 Å². The lowest BCUT2D eigenvalue weighted by molar-refractivity contribution is -0.178. The molecule has 1 fully saturated rings. The maximum absolute atomic E-state index is 13.0. The Morgan fingerprint density at radius 3 is 2.04 bits per heavy atom. The molecule has 1 aliphatic carbocycles. The molecule has 2 aliphatic rings. The highest BCUT2D eigenvalue weighted by atomic mass is 16.7. The van der Waals surface area contributed by atoms with Crippen molar-refractivity contribution >= 4 is 23.9 Å². The number of hydrogen-bond donors (Lipinski definition) is 1. The fourth-order valence-electron chi connectivity index (χ4n) is 3.45. The van der Waals surface area contributed by atoms with Crippen molar-refractivity contribution in [2.45, 2.75) is 64.0 Å². The number of benzene rings is 1. The smallest absolute Gasteiger partial charge is 0.408 e. The molecule has 0 aromatic heterocycles. The van der Waals surface area contributed by atoms with Gasteiger partial charge in [-0.1, -0.05) is 36.5 Å². The SMILES string of the molecule is CC(C)(C)OC(=O)NC1(C(=O)ON2C(=O)c3ccccc3C2=O)CCCCC1. The van der Waals surface area contributed by atoms with Crippen molar-refractivity contribution in [2.24, 2.45) is 0 Å². The summed E-state index contributed by atoms with van der Waals surface area (Å²) in [4.78, 5) is 55.4. The number of carbonyl (C=O) groups excluding carboxylic acids is 4. The van der Waals surface area contributed by atoms with Crippen molar-refractivity contribution in [1.29, 1.82) is 0 Å². The van der Waals surface area contributed by atoms with Crippen LogP contribution in [0.25, 0.3) is 0 Å². The van der Waals surface area contributed by atoms with Gasteiger partial charge in [0.05, 0.1) is 11.1 Å². The van der Waals surface area contributed by atoms with Gasteiger partial charge in [-0.3, -0.25) is 9.59 Å². The molecular formula is C20H24N2O6. The van der Waals surface area contributed by atoms with Crippen LogP contribution in [0.5, 0.6) is 0 Å². The van der Waals surface area contributed by atoms with Crippen LogP contribution in [0.15, 0.2) is 24.3 Å². The highest BCUT2D eigenvalue weighted by Crippen LogP contribution is 2.32. The van der Waals surface area contributed by atoms with E-state index in [-0.39, 0.29) is 11.1 Å². The monoisotopic (exact) mass is 388 g/mol. The van der Waals surface area contributed by atoms with Crippen LogP contribution in [0.4, 0.5) is 4.79 Å². The number of nitrogens with one attached hydrogen (secondary N) is 1. The van der Waals surface area contributed by atoms with E-state index in [0.29, 0.717) is 30.7 Å². The minimum Gasteiger partial charge on any atom is -0.444 e. The molecule has 8 heteroatoms. The summed E-state index contributed by atoms with van der Waals surface area (Å²) in [6.07, 6.45) is 2.26. The van der Waals surface area contributed by atoms with E-state index >= 15 is 0 Å². The normalized spacial score (nSPS) is 18.5. The summed E-state index contributed by atoms with van der Waals surface area (Å²) in [6, 6.07) is 6.25. The molecular weight excluding hydrogens is 364 g/mol. The molecule has 0 saturated heterocycles. The van der Waals surface area contributed by atoms with Gasteiger partial charge in [0.2, 0.25) is 0 Å². The third-order valence-electron chi connectivity index (χ3n) is 4.77. The number of hydroxylamine groups is 2. The summed E-state index contributed by atoms with van der Waals surface area (Å²) in [5, 5.41) is 3.10. The van der Waals surface area contributed by atoms with Crippen LogP contribution in [0.2, 0.25) is 0 Å². The first-order valence-electron chi connectivity index (χ1n) is 9.34. The summed E-state index contributed by atoms with van der Waals surface area (Å²) in [6.45, 7) is 5.16. The zero-order valence-electron chi connectivity index (χ0n) is 16.2. The molecule has 0 bridgehead atoms. The van der Waals surface area contributed by atoms with Crippen LogP contribution in [0, 0.1) is 0 Å². The van der Waals surface area contributed by atoms with Crippen molar-refractivity contribution in [3.63, 3.8) is 0 Å². The number of amides is 3. The molecule has 1 saturated carbocycles. The molecule has 28 heavy (non-hydrogen) atoms. The van der Waals surface area contributed by atoms with E-state index in [9.17, 15) is 19.2 Å². The number of rotatable bonds is 3. The Kier molecular flexibility index (Phi) is 5.14. The quantitative estimate of drug-likeness (QED) is 0.799. The summed E-state index contributed by atoms with van der Waals surface area (Å²) in [5.74, 6) is -2.23. The second-order valence-corrected chi connectivity index (χ2v) is 8.10. The van der Waals surface area contributed by atoms with Gasteiger partial charge in [-0.25, -0.2) is 9.59 Å². The lowest BCUT2D eigenvalue weighted by Gasteiger charge is -2.36. The maximum Gasteiger partial charge on any atom is 0.408 e. The predicted octanol–water partition coefficient (Wildman–Crippen LogP) is 2.97. The third kappa shape index (κ3) is 3.85. The maximum atomic E-state index is 13.0. The van der Waals surface area contributed by atoms with E-state index in [1.165, 1.54) is 12.1 Å². The first kappa shape index (κ1) is 19.9. The summed E-state index contributed by atoms with van der Waals surface area (Å²) in [5.41, 5.74) is -1.71.